The van der Waals surface area contributed by atoms with E-state index < -0.39 is 145 Å². The van der Waals surface area contributed by atoms with Crippen LogP contribution in [0.15, 0.2) is 47.2 Å². The summed E-state index contributed by atoms with van der Waals surface area (Å²) in [5.74, 6) is -1.25. The summed E-state index contributed by atoms with van der Waals surface area (Å²) in [4.78, 5) is 76.4. The van der Waals surface area contributed by atoms with Gasteiger partial charge in [-0.3, -0.25) is 9.69 Å². The fraction of sp³-hybridized carbons (Fsp3) is 0.803. The molecule has 0 aromatic rings. The quantitative estimate of drug-likeness (QED) is 0.0716. The lowest BCUT2D eigenvalue weighted by atomic mass is 9.49. The third kappa shape index (κ3) is 33.1. The predicted octanol–water partition coefficient (Wildman–Crippen LogP) is 14.5. The van der Waals surface area contributed by atoms with Gasteiger partial charge in [0.15, 0.2) is 5.78 Å². The highest BCUT2D eigenvalue weighted by atomic mass is 32.2. The smallest absolute Gasteiger partial charge is 0.444 e. The Morgan fingerprint density at radius 3 is 0.923 bits per heavy atom. The summed E-state index contributed by atoms with van der Waals surface area (Å²) in [7, 11) is -18.5. The molecule has 0 spiro atoms. The fourth-order valence-corrected chi connectivity index (χ4v) is 11.6. The maximum Gasteiger partial charge on any atom is 0.534 e. The van der Waals surface area contributed by atoms with Gasteiger partial charge in [-0.15, -0.1) is 0 Å². The van der Waals surface area contributed by atoms with E-state index >= 15 is 0 Å². The molecule has 8 rings (SSSR count). The van der Waals surface area contributed by atoms with Gasteiger partial charge in [-0.05, 0) is 237 Å². The number of halogens is 9. The first kappa shape index (κ1) is 105. The second-order valence-corrected chi connectivity index (χ2v) is 40.5. The maximum absolute atomic E-state index is 12.2. The normalized spacial score (nSPS) is 20.9. The molecule has 5 amide bonds. The molecule has 8 aliphatic rings. The van der Waals surface area contributed by atoms with Crippen LogP contribution >= 0.6 is 0 Å². The Morgan fingerprint density at radius 1 is 0.359 bits per heavy atom. The lowest BCUT2D eigenvalue weighted by Gasteiger charge is -2.32. The molecule has 0 bridgehead atoms. The van der Waals surface area contributed by atoms with Crippen molar-refractivity contribution in [2.45, 2.75) is 310 Å². The molecule has 0 N–H and O–H groups in total. The molecule has 8 heterocycles. The van der Waals surface area contributed by atoms with Gasteiger partial charge in [0.1, 0.15) is 45.3 Å². The van der Waals surface area contributed by atoms with Gasteiger partial charge in [-0.25, -0.2) is 24.0 Å². The molecule has 0 atom stereocenters. The molecule has 46 heteroatoms. The van der Waals surface area contributed by atoms with Crippen LogP contribution in [0, 0.1) is 0 Å². The van der Waals surface area contributed by atoms with Gasteiger partial charge in [0.25, 0.3) is 0 Å². The number of likely N-dealkylation sites (tertiary alicyclic amines) is 1. The number of nitrogens with zero attached hydrogens (tertiary/aromatic N) is 5. The minimum Gasteiger partial charge on any atom is -0.444 e. The van der Waals surface area contributed by atoms with Crippen LogP contribution < -0.4 is 0 Å². The molecule has 0 aromatic carbocycles. The summed E-state index contributed by atoms with van der Waals surface area (Å²) in [6, 6.07) is 0. The summed E-state index contributed by atoms with van der Waals surface area (Å²) in [6.45, 7) is 51.9. The molecule has 117 heavy (non-hydrogen) atoms. The van der Waals surface area contributed by atoms with Crippen molar-refractivity contribution in [2.75, 3.05) is 58.9 Å². The third-order valence-electron chi connectivity index (χ3n) is 17.8. The van der Waals surface area contributed by atoms with Gasteiger partial charge in [0, 0.05) is 58.3 Å². The Bertz CT molecular complexity index is 3790. The van der Waals surface area contributed by atoms with E-state index in [0.29, 0.717) is 26.1 Å². The van der Waals surface area contributed by atoms with E-state index in [1.54, 1.807) is 67.2 Å². The number of carbonyl (C=O) groups is 6. The summed E-state index contributed by atoms with van der Waals surface area (Å²) >= 11 is 0. The molecule has 0 unspecified atom stereocenters. The number of rotatable bonds is 8. The zero-order chi connectivity index (χ0) is 90.9. The van der Waals surface area contributed by atoms with Crippen LogP contribution in [0.3, 0.4) is 0 Å². The van der Waals surface area contributed by atoms with E-state index in [0.717, 1.165) is 39.2 Å². The number of ether oxygens (including phenoxy) is 5. The van der Waals surface area contributed by atoms with E-state index in [2.05, 4.69) is 18.6 Å². The summed E-state index contributed by atoms with van der Waals surface area (Å²) in [6.07, 6.45) is 5.18. The molecule has 0 radical (unpaired) electrons. The van der Waals surface area contributed by atoms with E-state index in [-0.39, 0.29) is 103 Å². The summed E-state index contributed by atoms with van der Waals surface area (Å²) in [5, 5.41) is 0. The van der Waals surface area contributed by atoms with Crippen LogP contribution in [0.1, 0.15) is 232 Å². The van der Waals surface area contributed by atoms with Crippen molar-refractivity contribution in [3.63, 3.8) is 0 Å². The molecule has 672 valence electrons. The van der Waals surface area contributed by atoms with Gasteiger partial charge in [0.05, 0.1) is 53.2 Å². The Kier molecular flexibility index (Phi) is 34.3. The Labute approximate surface area is 683 Å². The van der Waals surface area contributed by atoms with Crippen LogP contribution in [-0.2, 0) is 99.3 Å². The first-order valence-electron chi connectivity index (χ1n) is 37.4. The number of Topliss-reactive ketones (excluding diaryl/α,β-unsaturated/α-hetero) is 1. The lowest BCUT2D eigenvalue weighted by molar-refractivity contribution is -0.122. The van der Waals surface area contributed by atoms with Crippen LogP contribution in [0.25, 0.3) is 0 Å². The van der Waals surface area contributed by atoms with Crippen molar-refractivity contribution in [1.29, 1.82) is 0 Å². The highest BCUT2D eigenvalue weighted by Gasteiger charge is 2.64. The van der Waals surface area contributed by atoms with Crippen molar-refractivity contribution < 1.29 is 158 Å². The van der Waals surface area contributed by atoms with Crippen LogP contribution in [0.5, 0.6) is 0 Å². The number of allylic oxidation sites excluding steroid dienone is 1. The molecule has 31 nitrogen and oxygen atoms in total. The largest absolute Gasteiger partial charge is 0.534 e. The van der Waals surface area contributed by atoms with Crippen LogP contribution in [0.2, 0.25) is 0 Å². The highest BCUT2D eigenvalue weighted by molar-refractivity contribution is 7.88. The maximum atomic E-state index is 12.2. The van der Waals surface area contributed by atoms with Crippen LogP contribution in [-0.4, -0.2) is 244 Å². The van der Waals surface area contributed by atoms with Crippen LogP contribution in [0.4, 0.5) is 63.5 Å². The van der Waals surface area contributed by atoms with Crippen molar-refractivity contribution in [3.8, 4) is 0 Å². The molecule has 4 saturated heterocycles. The molecular weight excluding hydrogens is 1640 g/mol. The van der Waals surface area contributed by atoms with Crippen molar-refractivity contribution in [1.82, 2.24) is 24.5 Å². The van der Waals surface area contributed by atoms with E-state index in [4.69, 9.17) is 51.6 Å². The summed E-state index contributed by atoms with van der Waals surface area (Å²) in [5.41, 5.74) is -21.0. The highest BCUT2D eigenvalue weighted by Crippen LogP contribution is 2.44. The monoisotopic (exact) mass is 1760 g/mol. The molecular formula is C71H117B3F9N5O26S3. The fourth-order valence-electron chi connectivity index (χ4n) is 10.1. The molecule has 8 aliphatic heterocycles. The predicted molar refractivity (Wildman–Crippen MR) is 410 cm³/mol. The number of alkyl halides is 9. The SMILES string of the molecule is CC(C)(C)OC(=O)N1C=C(OS(=O)(=O)C(F)(F)F)CCC1.CC(C)(C)OC(=O)N1CCC=C(B2OC(C)(C)C(C)(C)O2)C1.CC(C)(C)OC(=O)N1CCC=C(OS(=O)(=O)C(F)(F)F)C1.CC(C)(C)OC(=O)N1CCC=C(OS(=O)(=O)C(F)(F)F)C1.CC(C)(C)OC(=O)N1CCCC(=O)C1.CC1(C)OB(B2OC(C)(C)C(C)(C)O2)OC1(C)C. The van der Waals surface area contributed by atoms with Gasteiger partial charge >= 0.3 is 98.5 Å². The number of hydrogen-bond donors (Lipinski definition) is 0. The third-order valence-corrected chi connectivity index (χ3v) is 20.8. The number of ketones is 1. The summed E-state index contributed by atoms with van der Waals surface area (Å²) < 4.78 is 249. The minimum atomic E-state index is -5.73. The number of carbonyl (C=O) groups excluding carboxylic acids is 6. The first-order valence-corrected chi connectivity index (χ1v) is 41.7. The van der Waals surface area contributed by atoms with Crippen molar-refractivity contribution >= 4 is 87.7 Å². The second kappa shape index (κ2) is 38.3. The zero-order valence-electron chi connectivity index (χ0n) is 71.8. The first-order chi connectivity index (χ1) is 52.1. The van der Waals surface area contributed by atoms with Gasteiger partial charge in [-0.1, -0.05) is 6.08 Å². The Morgan fingerprint density at radius 2 is 0.624 bits per heavy atom. The van der Waals surface area contributed by atoms with Gasteiger partial charge < -0.3 is 83.8 Å². The number of piperidine rings is 1. The molecule has 0 aromatic heterocycles. The van der Waals surface area contributed by atoms with Gasteiger partial charge in [0.2, 0.25) is 0 Å². The van der Waals surface area contributed by atoms with E-state index in [9.17, 15) is 93.5 Å². The van der Waals surface area contributed by atoms with E-state index in [1.165, 1.54) is 17.1 Å². The number of hydrogen-bond acceptors (Lipinski definition) is 26. The van der Waals surface area contributed by atoms with E-state index in [1.807, 2.05) is 125 Å². The minimum absolute atomic E-state index is 0.0192. The average Bonchev–Trinajstić information content (AvgIpc) is 1.61. The van der Waals surface area contributed by atoms with Crippen molar-refractivity contribution in [2.24, 2.45) is 0 Å². The topological polar surface area (TPSA) is 350 Å². The molecule has 0 saturated carbocycles. The Balaban J connectivity index is 0.000000365. The average molecular weight is 1760 g/mol. The van der Waals surface area contributed by atoms with Crippen molar-refractivity contribution in [3.05, 3.63) is 47.2 Å². The zero-order valence-corrected chi connectivity index (χ0v) is 74.3. The molecule has 4 fully saturated rings. The standard InChI is InChI=1S/C16H28BNO4.C12H24B2O4.3C11H16F3NO5S.C10H17NO3/c1-14(2,3)20-13(19)18-10-8-9-12(11-18)17-21-15(4,5)16(6,7)22-17;1-9(2)10(3,4)16-13(15-9)14-17-11(5,6)12(7,8)18-14;3*1-10(2,3)19-9(16)15-6-4-5-8(7-15)20-21(17,18)11(12,13)14;1-10(2,3)14-9(13)11-6-4-5-8(12)7-11/h9H,8,10-11H2,1-7H3;1-8H3;7H,4-6H2,1-3H3;2*5H,4,6-7H2,1-3H3;4-7H2,1-3H3. The van der Waals surface area contributed by atoms with Gasteiger partial charge in [-0.2, -0.15) is 64.8 Å². The molecule has 0 aliphatic carbocycles. The number of amides is 5. The second-order valence-electron chi connectivity index (χ2n) is 35.9. The Hall–Kier alpha value is -6.45. The lowest BCUT2D eigenvalue weighted by Crippen LogP contribution is -2.43.